The van der Waals surface area contributed by atoms with E-state index in [1.165, 1.54) is 0 Å². The number of halogens is 1. The Balaban J connectivity index is 1.91. The summed E-state index contributed by atoms with van der Waals surface area (Å²) in [5.41, 5.74) is 4.11. The van der Waals surface area contributed by atoms with E-state index in [1.807, 2.05) is 43.5 Å². The number of nitrogens with zero attached hydrogens (tertiary/aromatic N) is 2. The van der Waals surface area contributed by atoms with Crippen molar-refractivity contribution >= 4 is 35.1 Å². The lowest BCUT2D eigenvalue weighted by atomic mass is 10.1. The maximum atomic E-state index is 12.5. The maximum absolute atomic E-state index is 12.5. The third-order valence-electron chi connectivity index (χ3n) is 4.41. The van der Waals surface area contributed by atoms with E-state index in [9.17, 15) is 4.79 Å². The van der Waals surface area contributed by atoms with Crippen molar-refractivity contribution in [1.29, 1.82) is 5.26 Å². The Morgan fingerprint density at radius 1 is 1.14 bits per heavy atom. The number of anilines is 1. The Morgan fingerprint density at radius 2 is 1.93 bits per heavy atom. The molecule has 2 aromatic carbocycles. The fraction of sp³-hybridized carbons (Fsp3) is 0.125. The summed E-state index contributed by atoms with van der Waals surface area (Å²) in [6, 6.07) is 13.9. The van der Waals surface area contributed by atoms with Gasteiger partial charge in [0.15, 0.2) is 0 Å². The van der Waals surface area contributed by atoms with Crippen molar-refractivity contribution in [3.8, 4) is 6.07 Å². The van der Waals surface area contributed by atoms with Crippen LogP contribution in [0.3, 0.4) is 0 Å². The van der Waals surface area contributed by atoms with E-state index in [0.29, 0.717) is 21.8 Å². The number of carbonyl (C=O) groups is 1. The maximum Gasteiger partial charge on any atom is 0.255 e. The summed E-state index contributed by atoms with van der Waals surface area (Å²) in [6.07, 6.45) is 11.8. The molecule has 0 aliphatic carbocycles. The SMILES string of the molecule is C/C1=C(/c2cc(NC(=O)c3ccc(C#N)cc3)ccc2Cl)N=CCCC=CC=C1. The van der Waals surface area contributed by atoms with Crippen LogP contribution in [0.25, 0.3) is 5.70 Å². The third kappa shape index (κ3) is 5.31. The molecule has 1 N–H and O–H groups in total. The number of aliphatic imine (C=N–C) groups is 1. The van der Waals surface area contributed by atoms with E-state index in [2.05, 4.69) is 16.4 Å². The molecule has 4 nitrogen and oxygen atoms in total. The standard InChI is InChI=1S/C24H20ClN3O/c1-17-7-5-3-2-4-6-14-27-23(17)21-15-20(12-13-22(21)25)28-24(29)19-10-8-18(16-26)9-11-19/h2-3,5,7-15H,4,6H2,1H3,(H,28,29)/b3-2?,7-5?,23-17+,27-14?. The van der Waals surface area contributed by atoms with Crippen molar-refractivity contribution in [3.05, 3.63) is 94.1 Å². The zero-order valence-electron chi connectivity index (χ0n) is 16.0. The Labute approximate surface area is 175 Å². The summed E-state index contributed by atoms with van der Waals surface area (Å²) >= 11 is 6.46. The highest BCUT2D eigenvalue weighted by atomic mass is 35.5. The average Bonchev–Trinajstić information content (AvgIpc) is 2.74. The summed E-state index contributed by atoms with van der Waals surface area (Å²) in [5.74, 6) is -0.257. The van der Waals surface area contributed by atoms with Gasteiger partial charge in [-0.3, -0.25) is 9.79 Å². The Bertz CT molecular complexity index is 1070. The molecule has 0 atom stereocenters. The molecule has 3 rings (SSSR count). The van der Waals surface area contributed by atoms with E-state index in [1.54, 1.807) is 36.4 Å². The van der Waals surface area contributed by atoms with E-state index in [-0.39, 0.29) is 5.91 Å². The highest BCUT2D eigenvalue weighted by Gasteiger charge is 2.12. The van der Waals surface area contributed by atoms with Crippen LogP contribution < -0.4 is 5.32 Å². The lowest BCUT2D eigenvalue weighted by Crippen LogP contribution is -2.12. The summed E-state index contributed by atoms with van der Waals surface area (Å²) in [4.78, 5) is 17.2. The average molecular weight is 402 g/mol. The molecular formula is C24H20ClN3O. The van der Waals surface area contributed by atoms with Crippen molar-refractivity contribution in [2.75, 3.05) is 5.32 Å². The number of hydrogen-bond acceptors (Lipinski definition) is 3. The fourth-order valence-electron chi connectivity index (χ4n) is 2.85. The van der Waals surface area contributed by atoms with E-state index >= 15 is 0 Å². The van der Waals surface area contributed by atoms with E-state index in [0.717, 1.165) is 29.7 Å². The van der Waals surface area contributed by atoms with Crippen molar-refractivity contribution < 1.29 is 4.79 Å². The van der Waals surface area contributed by atoms with Crippen molar-refractivity contribution in [2.45, 2.75) is 19.8 Å². The second-order valence-electron chi connectivity index (χ2n) is 6.55. The van der Waals surface area contributed by atoms with Crippen molar-refractivity contribution in [3.63, 3.8) is 0 Å². The van der Waals surface area contributed by atoms with Crippen LogP contribution in [0.5, 0.6) is 0 Å². The van der Waals surface area contributed by atoms with Gasteiger partial charge >= 0.3 is 0 Å². The first-order valence-corrected chi connectivity index (χ1v) is 9.64. The molecule has 5 heteroatoms. The number of nitrogens with one attached hydrogen (secondary N) is 1. The molecule has 0 radical (unpaired) electrons. The van der Waals surface area contributed by atoms with Gasteiger partial charge in [0, 0.05) is 23.0 Å². The van der Waals surface area contributed by atoms with Crippen molar-refractivity contribution in [2.24, 2.45) is 4.99 Å². The number of rotatable bonds is 3. The number of nitriles is 1. The zero-order chi connectivity index (χ0) is 20.6. The summed E-state index contributed by atoms with van der Waals surface area (Å²) in [7, 11) is 0. The van der Waals surface area contributed by atoms with Gasteiger partial charge in [0.1, 0.15) is 0 Å². The van der Waals surface area contributed by atoms with Crippen LogP contribution in [0.1, 0.15) is 41.3 Å². The quantitative estimate of drug-likeness (QED) is 0.668. The summed E-state index contributed by atoms with van der Waals surface area (Å²) < 4.78 is 0. The predicted molar refractivity (Wildman–Crippen MR) is 119 cm³/mol. The number of carbonyl (C=O) groups excluding carboxylic acids is 1. The van der Waals surface area contributed by atoms with Gasteiger partial charge in [0.25, 0.3) is 5.91 Å². The van der Waals surface area contributed by atoms with Gasteiger partial charge in [0.2, 0.25) is 0 Å². The van der Waals surface area contributed by atoms with Crippen LogP contribution in [0.2, 0.25) is 5.02 Å². The van der Waals surface area contributed by atoms with E-state index < -0.39 is 0 Å². The topological polar surface area (TPSA) is 65.2 Å². The molecule has 1 amide bonds. The number of allylic oxidation sites excluding steroid dienone is 5. The number of benzene rings is 2. The van der Waals surface area contributed by atoms with Gasteiger partial charge in [-0.25, -0.2) is 0 Å². The number of amides is 1. The molecule has 0 aromatic heterocycles. The smallest absolute Gasteiger partial charge is 0.255 e. The minimum Gasteiger partial charge on any atom is -0.322 e. The van der Waals surface area contributed by atoms with Crippen molar-refractivity contribution in [1.82, 2.24) is 0 Å². The normalized spacial score (nSPS) is 16.3. The van der Waals surface area contributed by atoms with Gasteiger partial charge in [-0.1, -0.05) is 35.9 Å². The molecule has 0 unspecified atom stereocenters. The minimum atomic E-state index is -0.257. The predicted octanol–water partition coefficient (Wildman–Crippen LogP) is 6.17. The molecule has 0 saturated heterocycles. The summed E-state index contributed by atoms with van der Waals surface area (Å²) in [6.45, 7) is 1.98. The van der Waals surface area contributed by atoms with Crippen LogP contribution in [-0.2, 0) is 0 Å². The monoisotopic (exact) mass is 401 g/mol. The Morgan fingerprint density at radius 3 is 2.69 bits per heavy atom. The summed E-state index contributed by atoms with van der Waals surface area (Å²) in [5, 5.41) is 12.3. The van der Waals surface area contributed by atoms with Crippen LogP contribution in [-0.4, -0.2) is 12.1 Å². The van der Waals surface area contributed by atoms with Gasteiger partial charge in [0.05, 0.1) is 22.4 Å². The molecule has 0 fully saturated rings. The Hall–Kier alpha value is -3.42. The lowest BCUT2D eigenvalue weighted by molar-refractivity contribution is 0.102. The Kier molecular flexibility index (Phi) is 6.78. The molecule has 0 spiro atoms. The molecule has 1 aliphatic rings. The molecule has 144 valence electrons. The minimum absolute atomic E-state index is 0.257. The third-order valence-corrected chi connectivity index (χ3v) is 4.73. The first-order valence-electron chi connectivity index (χ1n) is 9.26. The molecule has 29 heavy (non-hydrogen) atoms. The molecule has 1 heterocycles. The molecular weight excluding hydrogens is 382 g/mol. The molecule has 0 saturated carbocycles. The van der Waals surface area contributed by atoms with Gasteiger partial charge in [-0.2, -0.15) is 5.26 Å². The second kappa shape index (κ2) is 9.68. The number of hydrogen-bond donors (Lipinski definition) is 1. The molecule has 0 bridgehead atoms. The first kappa shape index (κ1) is 20.3. The van der Waals surface area contributed by atoms with Crippen LogP contribution in [0, 0.1) is 11.3 Å². The second-order valence-corrected chi connectivity index (χ2v) is 6.95. The van der Waals surface area contributed by atoms with Crippen LogP contribution >= 0.6 is 11.6 Å². The molecule has 1 aliphatic heterocycles. The first-order chi connectivity index (χ1) is 14.1. The zero-order valence-corrected chi connectivity index (χ0v) is 16.8. The fourth-order valence-corrected chi connectivity index (χ4v) is 3.05. The highest BCUT2D eigenvalue weighted by molar-refractivity contribution is 6.32. The van der Waals surface area contributed by atoms with Gasteiger partial charge < -0.3 is 5.32 Å². The highest BCUT2D eigenvalue weighted by Crippen LogP contribution is 2.31. The van der Waals surface area contributed by atoms with Crippen LogP contribution in [0.4, 0.5) is 5.69 Å². The van der Waals surface area contributed by atoms with Gasteiger partial charge in [-0.15, -0.1) is 0 Å². The van der Waals surface area contributed by atoms with Crippen LogP contribution in [0.15, 0.2) is 77.3 Å². The largest absolute Gasteiger partial charge is 0.322 e. The lowest BCUT2D eigenvalue weighted by Gasteiger charge is -2.12. The molecule has 2 aromatic rings. The van der Waals surface area contributed by atoms with E-state index in [4.69, 9.17) is 16.9 Å². The van der Waals surface area contributed by atoms with Gasteiger partial charge in [-0.05, 0) is 67.8 Å².